The molecule has 0 radical (unpaired) electrons. The number of sulfone groups is 1. The van der Waals surface area contributed by atoms with Crippen LogP contribution in [0.2, 0.25) is 5.02 Å². The first-order valence-corrected chi connectivity index (χ1v) is 9.31. The fourth-order valence-electron chi connectivity index (χ4n) is 2.97. The quantitative estimate of drug-likeness (QED) is 0.677. The molecule has 21 heavy (non-hydrogen) atoms. The van der Waals surface area contributed by atoms with E-state index in [0.29, 0.717) is 6.42 Å². The van der Waals surface area contributed by atoms with Crippen molar-refractivity contribution in [1.82, 2.24) is 5.32 Å². The third-order valence-electron chi connectivity index (χ3n) is 4.04. The number of hydrogen-bond acceptors (Lipinski definition) is 3. The van der Waals surface area contributed by atoms with Crippen LogP contribution in [-0.4, -0.2) is 26.3 Å². The van der Waals surface area contributed by atoms with Gasteiger partial charge in [0.05, 0.1) is 15.2 Å². The van der Waals surface area contributed by atoms with E-state index in [-0.39, 0.29) is 16.0 Å². The predicted octanol–water partition coefficient (Wildman–Crippen LogP) is 3.56. The molecular weight excluding hydrogens is 313 g/mol. The van der Waals surface area contributed by atoms with Gasteiger partial charge in [-0.15, -0.1) is 0 Å². The van der Waals surface area contributed by atoms with Crippen molar-refractivity contribution < 1.29 is 12.8 Å². The van der Waals surface area contributed by atoms with Gasteiger partial charge in [-0.2, -0.15) is 0 Å². The smallest absolute Gasteiger partial charge is 0.182 e. The molecular formula is C15H21ClFNO2S. The molecule has 0 aromatic heterocycles. The Bertz CT molecular complexity index is 591. The van der Waals surface area contributed by atoms with Crippen LogP contribution in [0.25, 0.3) is 0 Å². The highest BCUT2D eigenvalue weighted by Gasteiger charge is 2.35. The molecule has 2 atom stereocenters. The van der Waals surface area contributed by atoms with Gasteiger partial charge in [0.2, 0.25) is 0 Å². The van der Waals surface area contributed by atoms with Gasteiger partial charge in [-0.1, -0.05) is 37.8 Å². The SMILES string of the molecule is CCNC1CCCCCC1S(=O)(=O)c1ccc(F)c(Cl)c1. The zero-order chi connectivity index (χ0) is 15.5. The van der Waals surface area contributed by atoms with Gasteiger partial charge in [0, 0.05) is 6.04 Å². The summed E-state index contributed by atoms with van der Waals surface area (Å²) in [5.74, 6) is -0.597. The lowest BCUT2D eigenvalue weighted by Gasteiger charge is -2.26. The molecule has 2 rings (SSSR count). The lowest BCUT2D eigenvalue weighted by atomic mass is 10.1. The van der Waals surface area contributed by atoms with Crippen LogP contribution in [0, 0.1) is 5.82 Å². The van der Waals surface area contributed by atoms with Crippen molar-refractivity contribution in [3.63, 3.8) is 0 Å². The Balaban J connectivity index is 2.36. The van der Waals surface area contributed by atoms with E-state index in [2.05, 4.69) is 5.32 Å². The average molecular weight is 334 g/mol. The molecule has 0 saturated heterocycles. The van der Waals surface area contributed by atoms with Crippen molar-refractivity contribution >= 4 is 21.4 Å². The minimum absolute atomic E-state index is 0.0497. The van der Waals surface area contributed by atoms with E-state index >= 15 is 0 Å². The third kappa shape index (κ3) is 3.76. The maximum absolute atomic E-state index is 13.3. The van der Waals surface area contributed by atoms with E-state index in [1.54, 1.807) is 0 Å². The summed E-state index contributed by atoms with van der Waals surface area (Å²) in [4.78, 5) is 0.115. The zero-order valence-corrected chi connectivity index (χ0v) is 13.7. The molecule has 0 heterocycles. The number of benzene rings is 1. The summed E-state index contributed by atoms with van der Waals surface area (Å²) in [5.41, 5.74) is 0. The fraction of sp³-hybridized carbons (Fsp3) is 0.600. The molecule has 0 spiro atoms. The second-order valence-electron chi connectivity index (χ2n) is 5.46. The topological polar surface area (TPSA) is 46.2 Å². The van der Waals surface area contributed by atoms with Gasteiger partial charge in [0.15, 0.2) is 9.84 Å². The van der Waals surface area contributed by atoms with Crippen molar-refractivity contribution in [2.45, 2.75) is 55.2 Å². The summed E-state index contributed by atoms with van der Waals surface area (Å²) in [6, 6.07) is 3.60. The van der Waals surface area contributed by atoms with Crippen LogP contribution >= 0.6 is 11.6 Å². The second kappa shape index (κ2) is 7.07. The highest BCUT2D eigenvalue weighted by atomic mass is 35.5. The molecule has 1 fully saturated rings. The molecule has 3 nitrogen and oxygen atoms in total. The van der Waals surface area contributed by atoms with Crippen LogP contribution in [0.15, 0.2) is 23.1 Å². The Hall–Kier alpha value is -0.650. The molecule has 1 aliphatic rings. The lowest BCUT2D eigenvalue weighted by molar-refractivity contribution is 0.460. The monoisotopic (exact) mass is 333 g/mol. The minimum atomic E-state index is -3.51. The predicted molar refractivity (Wildman–Crippen MR) is 82.9 cm³/mol. The summed E-state index contributed by atoms with van der Waals surface area (Å²) in [5, 5.41) is 2.67. The van der Waals surface area contributed by atoms with E-state index < -0.39 is 20.9 Å². The normalized spacial score (nSPS) is 23.8. The first kappa shape index (κ1) is 16.7. The Morgan fingerprint density at radius 3 is 2.67 bits per heavy atom. The molecule has 1 aromatic carbocycles. The Labute approximate surface area is 130 Å². The highest BCUT2D eigenvalue weighted by Crippen LogP contribution is 2.30. The molecule has 2 unspecified atom stereocenters. The molecule has 1 aromatic rings. The molecule has 0 aliphatic heterocycles. The molecule has 6 heteroatoms. The van der Waals surface area contributed by atoms with Crippen LogP contribution in [0.1, 0.15) is 39.0 Å². The maximum atomic E-state index is 13.3. The van der Waals surface area contributed by atoms with Crippen LogP contribution in [0.3, 0.4) is 0 Å². The van der Waals surface area contributed by atoms with E-state index in [1.807, 2.05) is 6.92 Å². The van der Waals surface area contributed by atoms with Gasteiger partial charge < -0.3 is 5.32 Å². The summed E-state index contributed by atoms with van der Waals surface area (Å²) in [6.45, 7) is 2.71. The van der Waals surface area contributed by atoms with Gasteiger partial charge in [-0.25, -0.2) is 12.8 Å². The largest absolute Gasteiger partial charge is 0.313 e. The van der Waals surface area contributed by atoms with Gasteiger partial charge in [-0.05, 0) is 37.6 Å². The van der Waals surface area contributed by atoms with Gasteiger partial charge in [0.25, 0.3) is 0 Å². The van der Waals surface area contributed by atoms with Gasteiger partial charge in [0.1, 0.15) is 5.82 Å². The van der Waals surface area contributed by atoms with Crippen molar-refractivity contribution in [1.29, 1.82) is 0 Å². The number of halogens is 2. The summed E-state index contributed by atoms with van der Waals surface area (Å²) in [6.07, 6.45) is 4.48. The summed E-state index contributed by atoms with van der Waals surface area (Å²) >= 11 is 5.73. The number of hydrogen-bond donors (Lipinski definition) is 1. The Morgan fingerprint density at radius 2 is 2.00 bits per heavy atom. The van der Waals surface area contributed by atoms with Crippen LogP contribution < -0.4 is 5.32 Å². The first-order valence-electron chi connectivity index (χ1n) is 7.39. The van der Waals surface area contributed by atoms with Gasteiger partial charge >= 0.3 is 0 Å². The van der Waals surface area contributed by atoms with Crippen molar-refractivity contribution in [2.75, 3.05) is 6.54 Å². The Kier molecular flexibility index (Phi) is 5.63. The molecule has 0 bridgehead atoms. The third-order valence-corrected chi connectivity index (χ3v) is 6.60. The first-order chi connectivity index (χ1) is 9.96. The van der Waals surface area contributed by atoms with Crippen LogP contribution in [0.5, 0.6) is 0 Å². The Morgan fingerprint density at radius 1 is 1.29 bits per heavy atom. The minimum Gasteiger partial charge on any atom is -0.313 e. The van der Waals surface area contributed by atoms with E-state index in [1.165, 1.54) is 12.1 Å². The summed E-state index contributed by atoms with van der Waals surface area (Å²) < 4.78 is 39.0. The molecule has 1 saturated carbocycles. The van der Waals surface area contributed by atoms with E-state index in [4.69, 9.17) is 11.6 Å². The van der Waals surface area contributed by atoms with Crippen molar-refractivity contribution in [2.24, 2.45) is 0 Å². The number of nitrogens with one attached hydrogen (secondary N) is 1. The molecule has 0 amide bonds. The molecule has 1 N–H and O–H groups in total. The zero-order valence-electron chi connectivity index (χ0n) is 12.1. The summed E-state index contributed by atoms with van der Waals surface area (Å²) in [7, 11) is -3.51. The van der Waals surface area contributed by atoms with Crippen molar-refractivity contribution in [3.05, 3.63) is 29.0 Å². The van der Waals surface area contributed by atoms with E-state index in [9.17, 15) is 12.8 Å². The number of rotatable bonds is 4. The highest BCUT2D eigenvalue weighted by molar-refractivity contribution is 7.92. The fourth-order valence-corrected chi connectivity index (χ4v) is 5.25. The van der Waals surface area contributed by atoms with Crippen molar-refractivity contribution in [3.8, 4) is 0 Å². The lowest BCUT2D eigenvalue weighted by Crippen LogP contribution is -2.43. The van der Waals surface area contributed by atoms with E-state index in [0.717, 1.165) is 38.3 Å². The van der Waals surface area contributed by atoms with Crippen LogP contribution in [-0.2, 0) is 9.84 Å². The van der Waals surface area contributed by atoms with Gasteiger partial charge in [-0.3, -0.25) is 0 Å². The standard InChI is InChI=1S/C15H21ClFNO2S/c1-2-18-14-6-4-3-5-7-15(14)21(19,20)11-8-9-13(17)12(16)10-11/h8-10,14-15,18H,2-7H2,1H3. The average Bonchev–Trinajstić information content (AvgIpc) is 2.68. The molecule has 1 aliphatic carbocycles. The van der Waals surface area contributed by atoms with Crippen LogP contribution in [0.4, 0.5) is 4.39 Å². The second-order valence-corrected chi connectivity index (χ2v) is 8.04. The molecule has 118 valence electrons. The maximum Gasteiger partial charge on any atom is 0.182 e.